The number of β-amino-alcohol motifs (C(OH)–C–C–N with tert-alkyl or cyclic N) is 1. The molecular formula is C45H55F2N5O2. The van der Waals surface area contributed by atoms with Crippen molar-refractivity contribution in [3.63, 3.8) is 0 Å². The van der Waals surface area contributed by atoms with Gasteiger partial charge in [0.15, 0.2) is 0 Å². The molecule has 7 nitrogen and oxygen atoms in total. The van der Waals surface area contributed by atoms with Gasteiger partial charge in [0.25, 0.3) is 0 Å². The minimum Gasteiger partial charge on any atom is -0.395 e. The quantitative estimate of drug-likeness (QED) is 0.194. The fourth-order valence-corrected chi connectivity index (χ4v) is 10.1. The zero-order chi connectivity index (χ0) is 37.2. The van der Waals surface area contributed by atoms with E-state index in [9.17, 15) is 8.78 Å². The largest absolute Gasteiger partial charge is 0.395 e. The van der Waals surface area contributed by atoms with Gasteiger partial charge in [-0.3, -0.25) is 9.80 Å². The van der Waals surface area contributed by atoms with E-state index in [1.165, 1.54) is 33.4 Å². The topological polar surface area (TPSA) is 74.2 Å². The van der Waals surface area contributed by atoms with Crippen LogP contribution in [0.2, 0.25) is 0 Å². The fourth-order valence-electron chi connectivity index (χ4n) is 10.1. The summed E-state index contributed by atoms with van der Waals surface area (Å²) in [6.45, 7) is 7.94. The number of hydrogen-bond acceptors (Lipinski definition) is 7. The Morgan fingerprint density at radius 3 is 1.69 bits per heavy atom. The maximum atomic E-state index is 14.1. The van der Waals surface area contributed by atoms with E-state index in [0.29, 0.717) is 30.5 Å². The number of nitrogens with zero attached hydrogens (tertiary/aromatic N) is 3. The van der Waals surface area contributed by atoms with E-state index >= 15 is 0 Å². The van der Waals surface area contributed by atoms with Crippen LogP contribution in [0.4, 0.5) is 8.78 Å². The van der Waals surface area contributed by atoms with Gasteiger partial charge in [0.1, 0.15) is 11.6 Å². The Balaban J connectivity index is 0.000000155. The molecule has 3 heterocycles. The van der Waals surface area contributed by atoms with Crippen molar-refractivity contribution in [1.29, 1.82) is 0 Å². The maximum absolute atomic E-state index is 14.1. The second kappa shape index (κ2) is 16.7. The third-order valence-corrected chi connectivity index (χ3v) is 12.6. The molecule has 0 unspecified atom stereocenters. The molecule has 0 spiro atoms. The third kappa shape index (κ3) is 8.05. The Kier molecular flexibility index (Phi) is 11.5. The summed E-state index contributed by atoms with van der Waals surface area (Å²) < 4.78 is 28.1. The van der Waals surface area contributed by atoms with Crippen LogP contribution in [-0.4, -0.2) is 110 Å². The first-order valence-electron chi connectivity index (χ1n) is 20.0. The molecule has 0 saturated carbocycles. The Morgan fingerprint density at radius 1 is 0.630 bits per heavy atom. The number of fused-ring (bicyclic) bond motifs is 10. The highest BCUT2D eigenvalue weighted by Crippen LogP contribution is 2.47. The number of nitrogens with one attached hydrogen (secondary N) is 2. The first-order chi connectivity index (χ1) is 26.4. The lowest BCUT2D eigenvalue weighted by Crippen LogP contribution is -2.50. The summed E-state index contributed by atoms with van der Waals surface area (Å²) in [5, 5.41) is 25.9. The molecule has 0 bridgehead atoms. The summed E-state index contributed by atoms with van der Waals surface area (Å²) in [6.07, 6.45) is 3.88. The lowest BCUT2D eigenvalue weighted by atomic mass is 9.87. The van der Waals surface area contributed by atoms with Crippen LogP contribution in [0.3, 0.4) is 0 Å². The smallest absolute Gasteiger partial charge is 0.123 e. The van der Waals surface area contributed by atoms with Gasteiger partial charge in [-0.15, -0.1) is 0 Å². The standard InChI is InChI=1S/C24H30FN3O.C21H25FN2O/c25-19-6-5-18-13-17-3-1-2-4-21(17)23-15-20(26-24(23)22(18)14-19)16-28-9-7-27(8-10-28)11-12-29;1-24(8-9-25)13-17-12-20-18-5-3-2-4-14(18)10-15-6-7-16(22)11-19(15)21(20)23-17/h1-6,14,20,23-24,26,29H,7-13,15-16H2;2-7,11,17,20-21,23,25H,8-10,12-13H2,1H3/t20-,23-,24-;17-,20-,21-/m11/s1. The second-order valence-corrected chi connectivity index (χ2v) is 16.2. The zero-order valence-corrected chi connectivity index (χ0v) is 31.4. The molecule has 3 aliphatic heterocycles. The van der Waals surface area contributed by atoms with Crippen LogP contribution in [0.15, 0.2) is 84.9 Å². The summed E-state index contributed by atoms with van der Waals surface area (Å²) in [5.41, 5.74) is 10.3. The van der Waals surface area contributed by atoms with E-state index in [4.69, 9.17) is 10.2 Å². The summed E-state index contributed by atoms with van der Waals surface area (Å²) >= 11 is 0. The third-order valence-electron chi connectivity index (χ3n) is 12.6. The maximum Gasteiger partial charge on any atom is 0.123 e. The molecule has 9 rings (SSSR count). The highest BCUT2D eigenvalue weighted by molar-refractivity contribution is 5.47. The van der Waals surface area contributed by atoms with Crippen molar-refractivity contribution < 1.29 is 19.0 Å². The van der Waals surface area contributed by atoms with Gasteiger partial charge in [-0.2, -0.15) is 0 Å². The van der Waals surface area contributed by atoms with Crippen LogP contribution in [0.5, 0.6) is 0 Å². The van der Waals surface area contributed by atoms with Crippen molar-refractivity contribution in [2.45, 2.75) is 61.7 Å². The molecule has 9 heteroatoms. The fraction of sp³-hybridized carbons (Fsp3) is 0.467. The van der Waals surface area contributed by atoms with Crippen LogP contribution in [-0.2, 0) is 12.8 Å². The number of aliphatic hydroxyl groups excluding tert-OH is 2. The van der Waals surface area contributed by atoms with E-state index in [1.807, 2.05) is 19.2 Å². The summed E-state index contributed by atoms with van der Waals surface area (Å²) in [4.78, 5) is 7.02. The van der Waals surface area contributed by atoms with E-state index < -0.39 is 0 Å². The van der Waals surface area contributed by atoms with Crippen molar-refractivity contribution in [2.24, 2.45) is 0 Å². The van der Waals surface area contributed by atoms with Crippen molar-refractivity contribution in [2.75, 3.05) is 72.6 Å². The van der Waals surface area contributed by atoms with E-state index in [2.05, 4.69) is 73.9 Å². The number of halogens is 2. The van der Waals surface area contributed by atoms with Crippen molar-refractivity contribution >= 4 is 0 Å². The molecule has 5 aliphatic rings. The molecule has 3 saturated heterocycles. The van der Waals surface area contributed by atoms with Gasteiger partial charge >= 0.3 is 0 Å². The second-order valence-electron chi connectivity index (χ2n) is 16.2. The lowest BCUT2D eigenvalue weighted by Gasteiger charge is -2.35. The Hall–Kier alpha value is -3.54. The predicted octanol–water partition coefficient (Wildman–Crippen LogP) is 5.37. The Morgan fingerprint density at radius 2 is 1.13 bits per heavy atom. The van der Waals surface area contributed by atoms with Crippen LogP contribution >= 0.6 is 0 Å². The molecule has 4 aromatic carbocycles. The Labute approximate surface area is 319 Å². The number of benzene rings is 4. The first kappa shape index (κ1) is 37.4. The summed E-state index contributed by atoms with van der Waals surface area (Å²) in [5.74, 6) is 0.464. The van der Waals surface area contributed by atoms with E-state index in [-0.39, 0.29) is 36.9 Å². The van der Waals surface area contributed by atoms with Gasteiger partial charge in [0.2, 0.25) is 0 Å². The van der Waals surface area contributed by atoms with Gasteiger partial charge in [-0.05, 0) is 102 Å². The van der Waals surface area contributed by atoms with Crippen molar-refractivity contribution in [1.82, 2.24) is 25.3 Å². The minimum absolute atomic E-state index is 0.140. The van der Waals surface area contributed by atoms with Gasteiger partial charge in [0, 0.05) is 88.4 Å². The van der Waals surface area contributed by atoms with Gasteiger partial charge in [-0.25, -0.2) is 8.78 Å². The molecule has 286 valence electrons. The average Bonchev–Trinajstić information content (AvgIpc) is 3.73. The molecule has 0 amide bonds. The van der Waals surface area contributed by atoms with Crippen LogP contribution < -0.4 is 10.6 Å². The van der Waals surface area contributed by atoms with Gasteiger partial charge in [0.05, 0.1) is 13.2 Å². The van der Waals surface area contributed by atoms with Crippen molar-refractivity contribution in [3.8, 4) is 0 Å². The zero-order valence-electron chi connectivity index (χ0n) is 31.4. The molecular weight excluding hydrogens is 681 g/mol. The first-order valence-corrected chi connectivity index (χ1v) is 20.0. The number of aliphatic hydroxyl groups is 2. The monoisotopic (exact) mass is 735 g/mol. The molecule has 4 N–H and O–H groups in total. The van der Waals surface area contributed by atoms with E-state index in [1.54, 1.807) is 24.3 Å². The van der Waals surface area contributed by atoms with E-state index in [0.717, 1.165) is 82.6 Å². The minimum atomic E-state index is -0.161. The molecule has 0 radical (unpaired) electrons. The normalized spacial score (nSPS) is 26.0. The highest BCUT2D eigenvalue weighted by atomic mass is 19.1. The molecule has 3 fully saturated rings. The SMILES string of the molecule is CN(CCO)C[C@H]1C[C@@H]2c3ccccc3Cc3ccc(F)cc3[C@H]2N1.OCCN1CCN(C[C@H]2C[C@@H]3c4ccccc4Cc4ccc(F)cc4[C@H]3N2)CC1. The average molecular weight is 736 g/mol. The van der Waals surface area contributed by atoms with Crippen LogP contribution in [0, 0.1) is 11.6 Å². The summed E-state index contributed by atoms with van der Waals surface area (Å²) in [7, 11) is 2.04. The van der Waals surface area contributed by atoms with Crippen LogP contribution in [0.25, 0.3) is 0 Å². The molecule has 0 aromatic heterocycles. The van der Waals surface area contributed by atoms with Gasteiger partial charge < -0.3 is 25.7 Å². The molecule has 2 aliphatic carbocycles. The Bertz CT molecular complexity index is 1900. The summed E-state index contributed by atoms with van der Waals surface area (Å²) in [6, 6.07) is 29.0. The molecule has 4 aromatic rings. The molecule has 6 atom stereocenters. The number of hydrogen-bond donors (Lipinski definition) is 4. The number of rotatable bonds is 8. The van der Waals surface area contributed by atoms with Crippen LogP contribution in [0.1, 0.15) is 81.3 Å². The lowest BCUT2D eigenvalue weighted by molar-refractivity contribution is 0.107. The number of likely N-dealkylation sites (N-methyl/N-ethyl adjacent to an activating group) is 1. The number of piperazine rings is 1. The molecule has 54 heavy (non-hydrogen) atoms. The van der Waals surface area contributed by atoms with Crippen molar-refractivity contribution in [3.05, 3.63) is 141 Å². The van der Waals surface area contributed by atoms with Gasteiger partial charge in [-0.1, -0.05) is 60.7 Å². The highest BCUT2D eigenvalue weighted by Gasteiger charge is 2.41. The predicted molar refractivity (Wildman–Crippen MR) is 210 cm³/mol.